The Morgan fingerprint density at radius 3 is 2.96 bits per heavy atom. The third-order valence-electron chi connectivity index (χ3n) is 4.72. The number of hydrogen-bond acceptors (Lipinski definition) is 4. The second-order valence-electron chi connectivity index (χ2n) is 6.48. The molecule has 1 aromatic carbocycles. The number of fused-ring (bicyclic) bond motifs is 1. The minimum absolute atomic E-state index is 0.0278. The number of aryl methyl sites for hydroxylation is 1. The van der Waals surface area contributed by atoms with Crippen LogP contribution in [-0.4, -0.2) is 26.7 Å². The summed E-state index contributed by atoms with van der Waals surface area (Å²) in [5.41, 5.74) is 7.71. The van der Waals surface area contributed by atoms with Crippen LogP contribution in [0, 0.1) is 0 Å². The highest BCUT2D eigenvalue weighted by Gasteiger charge is 2.21. The highest BCUT2D eigenvalue weighted by Crippen LogP contribution is 2.32. The minimum Gasteiger partial charge on any atom is -0.481 e. The van der Waals surface area contributed by atoms with Crippen molar-refractivity contribution in [2.75, 3.05) is 0 Å². The predicted molar refractivity (Wildman–Crippen MR) is 99.9 cm³/mol. The fraction of sp³-hybridized carbons (Fsp3) is 0.400. The fourth-order valence-corrected chi connectivity index (χ4v) is 3.28. The topological polar surface area (TPSA) is 76.4 Å². The van der Waals surface area contributed by atoms with Gasteiger partial charge >= 0.3 is 5.97 Å². The maximum atomic E-state index is 10.7. The van der Waals surface area contributed by atoms with Gasteiger partial charge in [-0.05, 0) is 37.7 Å². The van der Waals surface area contributed by atoms with Gasteiger partial charge in [-0.2, -0.15) is 0 Å². The zero-order chi connectivity index (χ0) is 18.4. The summed E-state index contributed by atoms with van der Waals surface area (Å²) in [4.78, 5) is 20.8. The van der Waals surface area contributed by atoms with Crippen molar-refractivity contribution in [3.8, 4) is 0 Å². The molecule has 1 atom stereocenters. The van der Waals surface area contributed by atoms with Gasteiger partial charge in [0.15, 0.2) is 0 Å². The Kier molecular flexibility index (Phi) is 6.07. The number of hydrogen-bond donors (Lipinski definition) is 2. The molecule has 0 radical (unpaired) electrons. The summed E-state index contributed by atoms with van der Waals surface area (Å²) in [5, 5.41) is 8.81. The standard InChI is InChI=1S/C20H25N3O3/c1-2-16(7-5-9-19(24)25)26-22-20-17-8-4-3-6-15(17)10-11-18(20)23-13-12-21-14-23/h3-4,6,8,12-14,16,22H,2,5,7,9-11H2,1H3,(H,24,25). The molecule has 6 nitrogen and oxygen atoms in total. The maximum Gasteiger partial charge on any atom is 0.303 e. The van der Waals surface area contributed by atoms with Crippen LogP contribution in [0.2, 0.25) is 0 Å². The van der Waals surface area contributed by atoms with Gasteiger partial charge in [0.2, 0.25) is 0 Å². The van der Waals surface area contributed by atoms with Gasteiger partial charge in [0.25, 0.3) is 0 Å². The monoisotopic (exact) mass is 355 g/mol. The smallest absolute Gasteiger partial charge is 0.303 e. The highest BCUT2D eigenvalue weighted by atomic mass is 16.7. The van der Waals surface area contributed by atoms with Crippen LogP contribution in [0.25, 0.3) is 11.4 Å². The van der Waals surface area contributed by atoms with Crippen LogP contribution in [0.4, 0.5) is 0 Å². The van der Waals surface area contributed by atoms with Gasteiger partial charge in [-0.15, -0.1) is 0 Å². The fourth-order valence-electron chi connectivity index (χ4n) is 3.28. The molecule has 138 valence electrons. The summed E-state index contributed by atoms with van der Waals surface area (Å²) in [5.74, 6) is -0.765. The van der Waals surface area contributed by atoms with E-state index in [1.54, 1.807) is 12.5 Å². The Labute approximate surface area is 153 Å². The highest BCUT2D eigenvalue weighted by molar-refractivity contribution is 5.85. The summed E-state index contributed by atoms with van der Waals surface area (Å²) < 4.78 is 2.02. The molecular weight excluding hydrogens is 330 g/mol. The van der Waals surface area contributed by atoms with Gasteiger partial charge in [0, 0.05) is 30.1 Å². The van der Waals surface area contributed by atoms with E-state index in [9.17, 15) is 4.79 Å². The number of aliphatic carboxylic acids is 1. The maximum absolute atomic E-state index is 10.7. The molecule has 1 aliphatic rings. The molecule has 3 rings (SSSR count). The molecule has 1 aliphatic carbocycles. The molecule has 0 saturated heterocycles. The summed E-state index contributed by atoms with van der Waals surface area (Å²) in [6.45, 7) is 2.05. The van der Waals surface area contributed by atoms with Crippen molar-refractivity contribution in [1.29, 1.82) is 0 Å². The number of allylic oxidation sites excluding steroid dienone is 1. The summed E-state index contributed by atoms with van der Waals surface area (Å²) >= 11 is 0. The number of hydroxylamine groups is 1. The minimum atomic E-state index is -0.765. The second-order valence-corrected chi connectivity index (χ2v) is 6.48. The number of carbonyl (C=O) groups is 1. The number of benzene rings is 1. The Morgan fingerprint density at radius 2 is 2.23 bits per heavy atom. The molecular formula is C20H25N3O3. The third-order valence-corrected chi connectivity index (χ3v) is 4.72. The van der Waals surface area contributed by atoms with Crippen molar-refractivity contribution >= 4 is 17.4 Å². The lowest BCUT2D eigenvalue weighted by Gasteiger charge is -2.26. The SMILES string of the molecule is CCC(CCCC(=O)O)ONC1=C(n2ccnc2)CCc2ccccc21. The molecule has 0 saturated carbocycles. The second kappa shape index (κ2) is 8.67. The first-order chi connectivity index (χ1) is 12.7. The van der Waals surface area contributed by atoms with E-state index in [1.165, 1.54) is 5.56 Å². The van der Waals surface area contributed by atoms with Gasteiger partial charge in [0.05, 0.1) is 18.1 Å². The van der Waals surface area contributed by atoms with E-state index in [0.29, 0.717) is 12.8 Å². The van der Waals surface area contributed by atoms with E-state index < -0.39 is 5.97 Å². The molecule has 1 aromatic heterocycles. The largest absolute Gasteiger partial charge is 0.481 e. The van der Waals surface area contributed by atoms with Gasteiger partial charge in [-0.3, -0.25) is 15.1 Å². The van der Waals surface area contributed by atoms with Crippen molar-refractivity contribution < 1.29 is 14.7 Å². The molecule has 0 aliphatic heterocycles. The normalized spacial score (nSPS) is 14.8. The number of imidazole rings is 1. The van der Waals surface area contributed by atoms with Crippen molar-refractivity contribution in [1.82, 2.24) is 15.0 Å². The van der Waals surface area contributed by atoms with E-state index in [2.05, 4.69) is 28.7 Å². The van der Waals surface area contributed by atoms with Crippen LogP contribution < -0.4 is 5.48 Å². The van der Waals surface area contributed by atoms with Crippen molar-refractivity contribution in [3.63, 3.8) is 0 Å². The Bertz CT molecular complexity index is 768. The average molecular weight is 355 g/mol. The van der Waals surface area contributed by atoms with Crippen LogP contribution in [0.5, 0.6) is 0 Å². The van der Waals surface area contributed by atoms with Gasteiger partial charge in [-0.1, -0.05) is 31.2 Å². The summed E-state index contributed by atoms with van der Waals surface area (Å²) in [6, 6.07) is 8.33. The Balaban J connectivity index is 1.78. The lowest BCUT2D eigenvalue weighted by atomic mass is 9.92. The van der Waals surface area contributed by atoms with Crippen molar-refractivity contribution in [2.24, 2.45) is 0 Å². The number of nitrogens with zero attached hydrogens (tertiary/aromatic N) is 2. The molecule has 1 heterocycles. The van der Waals surface area contributed by atoms with E-state index in [1.807, 2.05) is 23.8 Å². The van der Waals surface area contributed by atoms with Crippen LogP contribution in [0.15, 0.2) is 43.0 Å². The first-order valence-corrected chi connectivity index (χ1v) is 9.12. The van der Waals surface area contributed by atoms with Crippen LogP contribution in [-0.2, 0) is 16.1 Å². The zero-order valence-corrected chi connectivity index (χ0v) is 15.0. The molecule has 0 bridgehead atoms. The molecule has 0 fully saturated rings. The molecule has 6 heteroatoms. The van der Waals surface area contributed by atoms with Gasteiger partial charge in [-0.25, -0.2) is 4.98 Å². The van der Waals surface area contributed by atoms with Crippen LogP contribution >= 0.6 is 0 Å². The molecule has 2 N–H and O–H groups in total. The van der Waals surface area contributed by atoms with Crippen molar-refractivity contribution in [3.05, 3.63) is 54.1 Å². The van der Waals surface area contributed by atoms with E-state index in [4.69, 9.17) is 9.94 Å². The summed E-state index contributed by atoms with van der Waals surface area (Å²) in [6.07, 6.45) is 9.68. The Hall–Kier alpha value is -2.60. The summed E-state index contributed by atoms with van der Waals surface area (Å²) in [7, 11) is 0. The molecule has 2 aromatic rings. The number of rotatable bonds is 9. The number of nitrogens with one attached hydrogen (secondary N) is 1. The molecule has 1 unspecified atom stereocenters. The van der Waals surface area contributed by atoms with Crippen molar-refractivity contribution in [2.45, 2.75) is 51.6 Å². The van der Waals surface area contributed by atoms with E-state index in [-0.39, 0.29) is 12.5 Å². The number of aromatic nitrogens is 2. The van der Waals surface area contributed by atoms with Gasteiger partial charge in [0.1, 0.15) is 0 Å². The van der Waals surface area contributed by atoms with Gasteiger partial charge < -0.3 is 9.67 Å². The van der Waals surface area contributed by atoms with Crippen LogP contribution in [0.3, 0.4) is 0 Å². The molecule has 0 amide bonds. The van der Waals surface area contributed by atoms with E-state index in [0.717, 1.165) is 36.2 Å². The Morgan fingerprint density at radius 1 is 1.38 bits per heavy atom. The predicted octanol–water partition coefficient (Wildman–Crippen LogP) is 3.71. The lowest BCUT2D eigenvalue weighted by Crippen LogP contribution is -2.26. The number of carboxylic acids is 1. The quantitative estimate of drug-likeness (QED) is 0.671. The molecule has 26 heavy (non-hydrogen) atoms. The first-order valence-electron chi connectivity index (χ1n) is 9.12. The third kappa shape index (κ3) is 4.32. The average Bonchev–Trinajstić information content (AvgIpc) is 3.18. The first kappa shape index (κ1) is 18.2. The zero-order valence-electron chi connectivity index (χ0n) is 15.0. The molecule has 0 spiro atoms. The van der Waals surface area contributed by atoms with Crippen LogP contribution in [0.1, 0.15) is 50.2 Å². The lowest BCUT2D eigenvalue weighted by molar-refractivity contribution is -0.137. The van der Waals surface area contributed by atoms with E-state index >= 15 is 0 Å². The number of carboxylic acid groups (broad SMARTS) is 1.